The number of amides is 2. The summed E-state index contributed by atoms with van der Waals surface area (Å²) in [6.07, 6.45) is 10.2. The van der Waals surface area contributed by atoms with Crippen molar-refractivity contribution in [2.75, 3.05) is 38.2 Å². The molecule has 0 aromatic carbocycles. The highest BCUT2D eigenvalue weighted by atomic mass is 16.5. The maximum Gasteiger partial charge on any atom is 0.326 e. The van der Waals surface area contributed by atoms with E-state index < -0.39 is 0 Å². The summed E-state index contributed by atoms with van der Waals surface area (Å²) in [4.78, 5) is 33.0. The van der Waals surface area contributed by atoms with Crippen LogP contribution >= 0.6 is 0 Å². The average molecular weight is 420 g/mol. The zero-order valence-electron chi connectivity index (χ0n) is 17.3. The lowest BCUT2D eigenvalue weighted by Gasteiger charge is -2.32. The molecule has 9 heteroatoms. The van der Waals surface area contributed by atoms with Crippen LogP contribution in [-0.4, -0.2) is 59.7 Å². The molecular formula is C22H24N6O3. The molecule has 1 fully saturated rings. The van der Waals surface area contributed by atoms with Crippen molar-refractivity contribution >= 4 is 23.4 Å². The van der Waals surface area contributed by atoms with Gasteiger partial charge in [0.2, 0.25) is 0 Å². The van der Waals surface area contributed by atoms with Gasteiger partial charge in [-0.1, -0.05) is 0 Å². The third-order valence-corrected chi connectivity index (χ3v) is 5.61. The quantitative estimate of drug-likeness (QED) is 0.718. The van der Waals surface area contributed by atoms with Crippen LogP contribution in [0.5, 0.6) is 5.75 Å². The fourth-order valence-corrected chi connectivity index (χ4v) is 3.85. The highest BCUT2D eigenvalue weighted by Crippen LogP contribution is 2.35. The smallest absolute Gasteiger partial charge is 0.326 e. The number of pyridine rings is 2. The van der Waals surface area contributed by atoms with Gasteiger partial charge in [0.25, 0.3) is 5.91 Å². The Balaban J connectivity index is 1.57. The van der Waals surface area contributed by atoms with E-state index >= 15 is 0 Å². The minimum absolute atomic E-state index is 0.0482. The first-order valence-electron chi connectivity index (χ1n) is 10.2. The fraction of sp³-hybridized carbons (Fsp3) is 0.364. The molecule has 2 amide bonds. The van der Waals surface area contributed by atoms with Gasteiger partial charge >= 0.3 is 6.03 Å². The van der Waals surface area contributed by atoms with Gasteiger partial charge in [0.1, 0.15) is 12.1 Å². The number of likely N-dealkylation sites (tertiary alicyclic amines) is 1. The molecule has 4 heterocycles. The Bertz CT molecular complexity index is 1110. The Morgan fingerprint density at radius 3 is 2.74 bits per heavy atom. The van der Waals surface area contributed by atoms with E-state index in [1.807, 2.05) is 4.90 Å². The number of hydrogen-bond acceptors (Lipinski definition) is 6. The molecule has 0 aliphatic carbocycles. The summed E-state index contributed by atoms with van der Waals surface area (Å²) in [7, 11) is 1.51. The van der Waals surface area contributed by atoms with Crippen LogP contribution < -0.4 is 20.4 Å². The van der Waals surface area contributed by atoms with Crippen molar-refractivity contribution in [2.45, 2.75) is 12.8 Å². The third kappa shape index (κ3) is 3.97. The molecule has 0 atom stereocenters. The summed E-state index contributed by atoms with van der Waals surface area (Å²) in [6, 6.07) is 4.69. The van der Waals surface area contributed by atoms with Crippen molar-refractivity contribution in [1.29, 1.82) is 5.41 Å². The number of terminal acetylenes is 1. The number of anilines is 2. The summed E-state index contributed by atoms with van der Waals surface area (Å²) >= 11 is 0. The molecule has 2 N–H and O–H groups in total. The van der Waals surface area contributed by atoms with E-state index in [0.717, 1.165) is 18.5 Å². The number of piperidine rings is 1. The molecule has 2 aromatic heterocycles. The van der Waals surface area contributed by atoms with Crippen LogP contribution in [0.2, 0.25) is 0 Å². The lowest BCUT2D eigenvalue weighted by Crippen LogP contribution is -2.38. The number of nitrogens with zero attached hydrogens (tertiary/aromatic N) is 4. The van der Waals surface area contributed by atoms with E-state index in [0.29, 0.717) is 43.4 Å². The molecule has 2 aliphatic rings. The van der Waals surface area contributed by atoms with Gasteiger partial charge in [0.05, 0.1) is 12.1 Å². The summed E-state index contributed by atoms with van der Waals surface area (Å²) in [6.45, 7) is 2.23. The predicted octanol–water partition coefficient (Wildman–Crippen LogP) is 1.57. The van der Waals surface area contributed by atoms with E-state index in [2.05, 4.69) is 16.2 Å². The number of hydrogen-bond donors (Lipinski definition) is 2. The highest BCUT2D eigenvalue weighted by Gasteiger charge is 2.26. The minimum atomic E-state index is -0.383. The zero-order valence-corrected chi connectivity index (χ0v) is 17.3. The molecule has 0 saturated carbocycles. The van der Waals surface area contributed by atoms with Crippen LogP contribution in [0.1, 0.15) is 23.2 Å². The number of carbonyl (C=O) groups is 2. The Morgan fingerprint density at radius 2 is 2.06 bits per heavy atom. The van der Waals surface area contributed by atoms with Gasteiger partial charge in [-0.3, -0.25) is 14.8 Å². The van der Waals surface area contributed by atoms with Crippen LogP contribution in [0.3, 0.4) is 0 Å². The summed E-state index contributed by atoms with van der Waals surface area (Å²) < 4.78 is 6.99. The topological polar surface area (TPSA) is 104 Å². The second-order valence-corrected chi connectivity index (χ2v) is 7.47. The third-order valence-electron chi connectivity index (χ3n) is 5.61. The Kier molecular flexibility index (Phi) is 5.62. The van der Waals surface area contributed by atoms with Gasteiger partial charge in [0.15, 0.2) is 11.6 Å². The molecule has 0 radical (unpaired) electrons. The molecule has 160 valence electrons. The molecule has 0 spiro atoms. The Labute approximate surface area is 180 Å². The van der Waals surface area contributed by atoms with Crippen molar-refractivity contribution < 1.29 is 14.3 Å². The van der Waals surface area contributed by atoms with Gasteiger partial charge in [0, 0.05) is 50.2 Å². The number of nitrogens with one attached hydrogen (secondary N) is 2. The molecule has 2 aliphatic heterocycles. The van der Waals surface area contributed by atoms with E-state index in [1.165, 1.54) is 11.6 Å². The maximum atomic E-state index is 12.9. The van der Waals surface area contributed by atoms with Gasteiger partial charge in [-0.2, -0.15) is 0 Å². The largest absolute Gasteiger partial charge is 0.488 e. The summed E-state index contributed by atoms with van der Waals surface area (Å²) in [5.41, 5.74) is 1.25. The fourth-order valence-electron chi connectivity index (χ4n) is 3.85. The Hall–Kier alpha value is -3.80. The lowest BCUT2D eigenvalue weighted by molar-refractivity contribution is 0.0707. The normalized spacial score (nSPS) is 16.1. The van der Waals surface area contributed by atoms with Crippen LogP contribution in [0.15, 0.2) is 30.6 Å². The van der Waals surface area contributed by atoms with Crippen molar-refractivity contribution in [3.63, 3.8) is 0 Å². The molecule has 31 heavy (non-hydrogen) atoms. The van der Waals surface area contributed by atoms with E-state index in [9.17, 15) is 9.59 Å². The predicted molar refractivity (Wildman–Crippen MR) is 114 cm³/mol. The van der Waals surface area contributed by atoms with Crippen LogP contribution in [0.25, 0.3) is 0 Å². The molecule has 9 nitrogen and oxygen atoms in total. The van der Waals surface area contributed by atoms with Crippen LogP contribution in [0, 0.1) is 23.7 Å². The Morgan fingerprint density at radius 1 is 1.29 bits per heavy atom. The first-order valence-corrected chi connectivity index (χ1v) is 10.2. The van der Waals surface area contributed by atoms with Crippen molar-refractivity contribution in [1.82, 2.24) is 19.8 Å². The minimum Gasteiger partial charge on any atom is -0.488 e. The van der Waals surface area contributed by atoms with Crippen LogP contribution in [-0.2, 0) is 0 Å². The molecule has 4 rings (SSSR count). The average Bonchev–Trinajstić information content (AvgIpc) is 2.82. The maximum absolute atomic E-state index is 12.9. The number of rotatable bonds is 2. The van der Waals surface area contributed by atoms with E-state index in [1.54, 1.807) is 35.5 Å². The standard InChI is InChI=1S/C22H24N6O3/c1-3-15-4-7-26(8-5-15)21(29)16-12-18-20(25-14-16)27(10-11-31-18)17-6-9-28(19(23)13-17)22(30)24-2/h1,6,9,12-15,23H,4-5,7-8,10-11H2,2H3,(H,24,30). The van der Waals surface area contributed by atoms with Crippen molar-refractivity contribution in [3.05, 3.63) is 41.6 Å². The van der Waals surface area contributed by atoms with E-state index in [-0.39, 0.29) is 23.3 Å². The number of ether oxygens (including phenoxy) is 1. The number of aromatic nitrogens is 2. The number of fused-ring (bicyclic) bond motifs is 1. The first kappa shape index (κ1) is 20.5. The monoisotopic (exact) mass is 420 g/mol. The second kappa shape index (κ2) is 8.52. The van der Waals surface area contributed by atoms with Crippen molar-refractivity contribution in [2.24, 2.45) is 5.92 Å². The number of carbonyl (C=O) groups excluding carboxylic acids is 2. The SMILES string of the molecule is C#CC1CCN(C(=O)c2cnc3c(c2)OCCN3c2ccn(C(=O)NC)c(=N)c2)CC1. The van der Waals surface area contributed by atoms with Crippen LogP contribution in [0.4, 0.5) is 16.3 Å². The second-order valence-electron chi connectivity index (χ2n) is 7.47. The molecular weight excluding hydrogens is 396 g/mol. The van der Waals surface area contributed by atoms with Gasteiger partial charge < -0.3 is 19.9 Å². The van der Waals surface area contributed by atoms with E-state index in [4.69, 9.17) is 16.6 Å². The first-order chi connectivity index (χ1) is 15.0. The van der Waals surface area contributed by atoms with Gasteiger partial charge in [-0.25, -0.2) is 9.78 Å². The van der Waals surface area contributed by atoms with Crippen molar-refractivity contribution in [3.8, 4) is 18.1 Å². The molecule has 0 bridgehead atoms. The molecule has 1 saturated heterocycles. The summed E-state index contributed by atoms with van der Waals surface area (Å²) in [5, 5.41) is 10.6. The highest BCUT2D eigenvalue weighted by molar-refractivity contribution is 5.95. The molecule has 2 aromatic rings. The molecule has 0 unspecified atom stereocenters. The summed E-state index contributed by atoms with van der Waals surface area (Å²) in [5.74, 6) is 4.02. The lowest BCUT2D eigenvalue weighted by atomic mass is 9.97. The zero-order chi connectivity index (χ0) is 22.0. The van der Waals surface area contributed by atoms with Gasteiger partial charge in [-0.05, 0) is 25.0 Å². The van der Waals surface area contributed by atoms with Gasteiger partial charge in [-0.15, -0.1) is 12.3 Å².